The summed E-state index contributed by atoms with van der Waals surface area (Å²) in [5.74, 6) is 0. The molecule has 1 saturated heterocycles. The summed E-state index contributed by atoms with van der Waals surface area (Å²) in [5, 5.41) is 4.84. The predicted molar refractivity (Wildman–Crippen MR) is 113 cm³/mol. The van der Waals surface area contributed by atoms with Gasteiger partial charge in [0.2, 0.25) is 0 Å². The van der Waals surface area contributed by atoms with E-state index in [9.17, 15) is 0 Å². The van der Waals surface area contributed by atoms with Crippen molar-refractivity contribution in [3.63, 3.8) is 0 Å². The van der Waals surface area contributed by atoms with Crippen molar-refractivity contribution in [1.29, 1.82) is 0 Å². The molecule has 4 aromatic rings. The lowest BCUT2D eigenvalue weighted by atomic mass is 10.1. The van der Waals surface area contributed by atoms with Crippen molar-refractivity contribution in [3.8, 4) is 0 Å². The van der Waals surface area contributed by atoms with Crippen LogP contribution in [0.15, 0.2) is 48.7 Å². The van der Waals surface area contributed by atoms with Gasteiger partial charge in [0.05, 0.1) is 5.69 Å². The maximum atomic E-state index is 4.70. The van der Waals surface area contributed by atoms with Crippen LogP contribution >= 0.6 is 0 Å². The van der Waals surface area contributed by atoms with Gasteiger partial charge in [-0.2, -0.15) is 0 Å². The van der Waals surface area contributed by atoms with E-state index in [1.807, 2.05) is 0 Å². The molecule has 0 atom stereocenters. The number of benzene rings is 1. The Morgan fingerprint density at radius 1 is 1.07 bits per heavy atom. The minimum absolute atomic E-state index is 0.770. The van der Waals surface area contributed by atoms with E-state index >= 15 is 0 Å². The van der Waals surface area contributed by atoms with Crippen molar-refractivity contribution in [1.82, 2.24) is 24.6 Å². The first-order valence-corrected chi connectivity index (χ1v) is 10.2. The fourth-order valence-electron chi connectivity index (χ4n) is 4.24. The standard InChI is InChI=1S/C23H27N5/c1-17-5-4-6-23-26-21(16-28(17)23)14-24-13-18-7-8-22-19(11-18)12-20(25-22)15-27-9-2-3-10-27/h4-8,11-12,16,24-25H,2-3,9-10,13-15H2,1H3. The van der Waals surface area contributed by atoms with Crippen LogP contribution in [-0.2, 0) is 19.6 Å². The summed E-state index contributed by atoms with van der Waals surface area (Å²) in [5.41, 5.74) is 7.15. The number of aromatic nitrogens is 3. The Morgan fingerprint density at radius 3 is 2.82 bits per heavy atom. The third kappa shape index (κ3) is 3.55. The number of nitrogens with zero attached hydrogens (tertiary/aromatic N) is 3. The van der Waals surface area contributed by atoms with Gasteiger partial charge in [0.1, 0.15) is 5.65 Å². The minimum atomic E-state index is 0.770. The number of likely N-dealkylation sites (tertiary alicyclic amines) is 1. The zero-order chi connectivity index (χ0) is 18.9. The lowest BCUT2D eigenvalue weighted by Gasteiger charge is -2.12. The summed E-state index contributed by atoms with van der Waals surface area (Å²) in [6.07, 6.45) is 4.79. The molecule has 28 heavy (non-hydrogen) atoms. The third-order valence-electron chi connectivity index (χ3n) is 5.71. The molecule has 5 heteroatoms. The summed E-state index contributed by atoms with van der Waals surface area (Å²) >= 11 is 0. The van der Waals surface area contributed by atoms with Crippen molar-refractivity contribution in [2.45, 2.75) is 39.4 Å². The topological polar surface area (TPSA) is 48.4 Å². The number of pyridine rings is 1. The first-order valence-electron chi connectivity index (χ1n) is 10.2. The maximum Gasteiger partial charge on any atom is 0.137 e. The summed E-state index contributed by atoms with van der Waals surface area (Å²) in [4.78, 5) is 10.8. The number of aromatic amines is 1. The van der Waals surface area contributed by atoms with E-state index in [2.05, 4.69) is 75.2 Å². The van der Waals surface area contributed by atoms with E-state index in [4.69, 9.17) is 4.98 Å². The van der Waals surface area contributed by atoms with Gasteiger partial charge in [-0.1, -0.05) is 12.1 Å². The quantitative estimate of drug-likeness (QED) is 0.537. The number of fused-ring (bicyclic) bond motifs is 2. The van der Waals surface area contributed by atoms with E-state index in [0.29, 0.717) is 0 Å². The zero-order valence-electron chi connectivity index (χ0n) is 16.4. The second kappa shape index (κ2) is 7.41. The van der Waals surface area contributed by atoms with Crippen LogP contribution in [0.2, 0.25) is 0 Å². The first kappa shape index (κ1) is 17.5. The Bertz CT molecular complexity index is 1100. The highest BCUT2D eigenvalue weighted by atomic mass is 15.1. The number of H-pyrrole nitrogens is 1. The molecule has 1 aliphatic rings. The Hall–Kier alpha value is -2.63. The van der Waals surface area contributed by atoms with Gasteiger partial charge in [0.15, 0.2) is 0 Å². The molecule has 0 unspecified atom stereocenters. The SMILES string of the molecule is Cc1cccc2nc(CNCc3ccc4[nH]c(CN5CCCC5)cc4c3)cn12. The van der Waals surface area contributed by atoms with Crippen molar-refractivity contribution in [3.05, 3.63) is 71.3 Å². The van der Waals surface area contributed by atoms with Crippen LogP contribution < -0.4 is 5.32 Å². The third-order valence-corrected chi connectivity index (χ3v) is 5.71. The second-order valence-corrected chi connectivity index (χ2v) is 7.93. The number of rotatable bonds is 6. The number of hydrogen-bond donors (Lipinski definition) is 2. The fraction of sp³-hybridized carbons (Fsp3) is 0.348. The van der Waals surface area contributed by atoms with Crippen LogP contribution in [-0.4, -0.2) is 32.4 Å². The predicted octanol–water partition coefficient (Wildman–Crippen LogP) is 4.01. The number of imidazole rings is 1. The largest absolute Gasteiger partial charge is 0.357 e. The molecule has 1 fully saturated rings. The second-order valence-electron chi connectivity index (χ2n) is 7.93. The average molecular weight is 374 g/mol. The van der Waals surface area contributed by atoms with E-state index in [1.165, 1.54) is 53.8 Å². The van der Waals surface area contributed by atoms with Gasteiger partial charge >= 0.3 is 0 Å². The van der Waals surface area contributed by atoms with Gasteiger partial charge in [0, 0.05) is 48.1 Å². The monoisotopic (exact) mass is 373 g/mol. The molecule has 0 saturated carbocycles. The van der Waals surface area contributed by atoms with Crippen LogP contribution in [0.25, 0.3) is 16.6 Å². The Labute approximate surface area is 165 Å². The van der Waals surface area contributed by atoms with Gasteiger partial charge in [-0.05, 0) is 68.8 Å². The van der Waals surface area contributed by atoms with Crippen molar-refractivity contribution >= 4 is 16.6 Å². The van der Waals surface area contributed by atoms with Crippen LogP contribution in [0.4, 0.5) is 0 Å². The molecule has 5 nitrogen and oxygen atoms in total. The normalized spacial score (nSPS) is 15.2. The van der Waals surface area contributed by atoms with Gasteiger partial charge in [0.25, 0.3) is 0 Å². The summed E-state index contributed by atoms with van der Waals surface area (Å²) in [6.45, 7) is 7.22. The van der Waals surface area contributed by atoms with Crippen LogP contribution in [0, 0.1) is 6.92 Å². The Kier molecular flexibility index (Phi) is 4.63. The Balaban J connectivity index is 1.23. The number of nitrogens with one attached hydrogen (secondary N) is 2. The van der Waals surface area contributed by atoms with Crippen LogP contribution in [0.5, 0.6) is 0 Å². The van der Waals surface area contributed by atoms with Crippen molar-refractivity contribution < 1.29 is 0 Å². The lowest BCUT2D eigenvalue weighted by molar-refractivity contribution is 0.328. The maximum absolute atomic E-state index is 4.70. The van der Waals surface area contributed by atoms with E-state index < -0.39 is 0 Å². The average Bonchev–Trinajstić information content (AvgIpc) is 3.41. The highest BCUT2D eigenvalue weighted by molar-refractivity contribution is 5.81. The number of hydrogen-bond acceptors (Lipinski definition) is 3. The molecule has 0 aliphatic carbocycles. The summed E-state index contributed by atoms with van der Waals surface area (Å²) in [7, 11) is 0. The van der Waals surface area contributed by atoms with Gasteiger partial charge in [-0.3, -0.25) is 4.90 Å². The zero-order valence-corrected chi connectivity index (χ0v) is 16.4. The van der Waals surface area contributed by atoms with Crippen LogP contribution in [0.1, 0.15) is 35.5 Å². The summed E-state index contributed by atoms with van der Waals surface area (Å²) < 4.78 is 2.14. The molecule has 2 N–H and O–H groups in total. The van der Waals surface area contributed by atoms with E-state index in [0.717, 1.165) is 31.0 Å². The van der Waals surface area contributed by atoms with Crippen molar-refractivity contribution in [2.24, 2.45) is 0 Å². The fourth-order valence-corrected chi connectivity index (χ4v) is 4.24. The molecule has 144 valence electrons. The molecular formula is C23H27N5. The molecule has 0 radical (unpaired) electrons. The smallest absolute Gasteiger partial charge is 0.137 e. The molecule has 5 rings (SSSR count). The lowest BCUT2D eigenvalue weighted by Crippen LogP contribution is -2.18. The molecule has 0 spiro atoms. The van der Waals surface area contributed by atoms with E-state index in [-0.39, 0.29) is 0 Å². The Morgan fingerprint density at radius 2 is 1.96 bits per heavy atom. The van der Waals surface area contributed by atoms with Gasteiger partial charge in [-0.15, -0.1) is 0 Å². The highest BCUT2D eigenvalue weighted by Gasteiger charge is 2.13. The van der Waals surface area contributed by atoms with Gasteiger partial charge < -0.3 is 14.7 Å². The van der Waals surface area contributed by atoms with Crippen LogP contribution in [0.3, 0.4) is 0 Å². The highest BCUT2D eigenvalue weighted by Crippen LogP contribution is 2.20. The summed E-state index contributed by atoms with van der Waals surface area (Å²) in [6, 6.07) is 15.2. The van der Waals surface area contributed by atoms with Crippen molar-refractivity contribution in [2.75, 3.05) is 13.1 Å². The molecule has 0 amide bonds. The van der Waals surface area contributed by atoms with E-state index in [1.54, 1.807) is 0 Å². The molecule has 0 bridgehead atoms. The minimum Gasteiger partial charge on any atom is -0.357 e. The first-order chi connectivity index (χ1) is 13.7. The molecule has 1 aromatic carbocycles. The molecule has 4 heterocycles. The number of aryl methyl sites for hydroxylation is 1. The molecule has 3 aromatic heterocycles. The molecular weight excluding hydrogens is 346 g/mol. The van der Waals surface area contributed by atoms with Gasteiger partial charge in [-0.25, -0.2) is 4.98 Å². The molecule has 1 aliphatic heterocycles.